The Labute approximate surface area is 130 Å². The number of hydrogen-bond acceptors (Lipinski definition) is 4. The monoisotopic (exact) mass is 308 g/mol. The lowest BCUT2D eigenvalue weighted by molar-refractivity contribution is -0.137. The van der Waals surface area contributed by atoms with Crippen molar-refractivity contribution in [2.24, 2.45) is 5.41 Å². The Morgan fingerprint density at radius 2 is 2.24 bits per heavy atom. The summed E-state index contributed by atoms with van der Waals surface area (Å²) in [5.41, 5.74) is 1.40. The first kappa shape index (κ1) is 15.0. The Morgan fingerprint density at radius 3 is 2.90 bits per heavy atom. The molecule has 1 amide bonds. The Balaban J connectivity index is 1.52. The molecule has 0 bridgehead atoms. The summed E-state index contributed by atoms with van der Waals surface area (Å²) in [6.45, 7) is 7.63. The van der Waals surface area contributed by atoms with Crippen LogP contribution in [0, 0.1) is 19.3 Å². The van der Waals surface area contributed by atoms with Crippen LogP contribution < -0.4 is 0 Å². The summed E-state index contributed by atoms with van der Waals surface area (Å²) in [6.07, 6.45) is 4.80. The second-order valence-electron chi connectivity index (χ2n) is 6.47. The fraction of sp³-hybridized carbons (Fsp3) is 0.750. The van der Waals surface area contributed by atoms with E-state index in [4.69, 9.17) is 4.74 Å². The number of rotatable bonds is 4. The van der Waals surface area contributed by atoms with E-state index in [1.54, 1.807) is 11.3 Å². The minimum atomic E-state index is 0.252. The van der Waals surface area contributed by atoms with Gasteiger partial charge in [0.25, 0.3) is 0 Å². The molecule has 0 aliphatic carbocycles. The zero-order valence-electron chi connectivity index (χ0n) is 13.0. The highest BCUT2D eigenvalue weighted by Gasteiger charge is 2.41. The molecule has 116 valence electrons. The molecule has 0 aromatic carbocycles. The second-order valence-corrected chi connectivity index (χ2v) is 7.76. The number of aromatic nitrogens is 1. The van der Waals surface area contributed by atoms with Crippen molar-refractivity contribution in [1.29, 1.82) is 0 Å². The molecule has 0 saturated carbocycles. The van der Waals surface area contributed by atoms with Crippen LogP contribution in [-0.2, 0) is 16.0 Å². The van der Waals surface area contributed by atoms with E-state index < -0.39 is 0 Å². The van der Waals surface area contributed by atoms with Crippen LogP contribution in [0.5, 0.6) is 0 Å². The molecule has 3 heterocycles. The second kappa shape index (κ2) is 6.05. The van der Waals surface area contributed by atoms with Crippen molar-refractivity contribution in [3.8, 4) is 0 Å². The highest BCUT2D eigenvalue weighted by molar-refractivity contribution is 7.11. The van der Waals surface area contributed by atoms with Crippen molar-refractivity contribution < 1.29 is 9.53 Å². The molecule has 5 heteroatoms. The standard InChI is InChI=1S/C16H24N2O2S/c1-12-13(2)21-14(17-12)4-3-8-18-10-16(6-5-15(18)19)7-9-20-11-16/h3-11H2,1-2H3. The predicted octanol–water partition coefficient (Wildman–Crippen LogP) is 2.72. The van der Waals surface area contributed by atoms with Gasteiger partial charge in [-0.05, 0) is 33.1 Å². The Morgan fingerprint density at radius 1 is 1.38 bits per heavy atom. The minimum Gasteiger partial charge on any atom is -0.381 e. The number of amides is 1. The molecule has 0 N–H and O–H groups in total. The number of aryl methyl sites for hydroxylation is 3. The van der Waals surface area contributed by atoms with Gasteiger partial charge in [0.15, 0.2) is 0 Å². The van der Waals surface area contributed by atoms with Gasteiger partial charge in [0.05, 0.1) is 17.3 Å². The average molecular weight is 308 g/mol. The molecule has 21 heavy (non-hydrogen) atoms. The summed E-state index contributed by atoms with van der Waals surface area (Å²) < 4.78 is 5.56. The van der Waals surface area contributed by atoms with Crippen molar-refractivity contribution in [2.75, 3.05) is 26.3 Å². The van der Waals surface area contributed by atoms with E-state index in [-0.39, 0.29) is 5.41 Å². The van der Waals surface area contributed by atoms with E-state index in [2.05, 4.69) is 23.7 Å². The number of carbonyl (C=O) groups excluding carboxylic acids is 1. The Kier molecular flexibility index (Phi) is 4.31. The smallest absolute Gasteiger partial charge is 0.222 e. The van der Waals surface area contributed by atoms with Gasteiger partial charge in [-0.1, -0.05) is 0 Å². The Bertz CT molecular complexity index is 501. The summed E-state index contributed by atoms with van der Waals surface area (Å²) in [6, 6.07) is 0. The number of hydrogen-bond donors (Lipinski definition) is 0. The highest BCUT2D eigenvalue weighted by Crippen LogP contribution is 2.38. The van der Waals surface area contributed by atoms with Crippen LogP contribution in [0.3, 0.4) is 0 Å². The van der Waals surface area contributed by atoms with Crippen molar-refractivity contribution >= 4 is 17.2 Å². The van der Waals surface area contributed by atoms with Crippen molar-refractivity contribution in [3.63, 3.8) is 0 Å². The van der Waals surface area contributed by atoms with Crippen LogP contribution in [0.1, 0.15) is 41.3 Å². The predicted molar refractivity (Wildman–Crippen MR) is 83.6 cm³/mol. The van der Waals surface area contributed by atoms with Crippen LogP contribution in [0.25, 0.3) is 0 Å². The molecule has 3 rings (SSSR count). The molecule has 1 unspecified atom stereocenters. The number of ether oxygens (including phenoxy) is 1. The lowest BCUT2D eigenvalue weighted by Gasteiger charge is -2.39. The van der Waals surface area contributed by atoms with Crippen molar-refractivity contribution in [1.82, 2.24) is 9.88 Å². The molecular formula is C16H24N2O2S. The van der Waals surface area contributed by atoms with Gasteiger partial charge in [-0.15, -0.1) is 11.3 Å². The van der Waals surface area contributed by atoms with Gasteiger partial charge in [0.2, 0.25) is 5.91 Å². The maximum atomic E-state index is 12.1. The third kappa shape index (κ3) is 3.29. The molecule has 0 radical (unpaired) electrons. The number of thiazole rings is 1. The summed E-state index contributed by atoms with van der Waals surface area (Å²) in [4.78, 5) is 20.1. The molecule has 2 aliphatic rings. The number of carbonyl (C=O) groups is 1. The van der Waals surface area contributed by atoms with Crippen LogP contribution in [0.15, 0.2) is 0 Å². The fourth-order valence-electron chi connectivity index (χ4n) is 3.34. The third-order valence-electron chi connectivity index (χ3n) is 4.82. The molecule has 1 spiro atoms. The first-order valence-corrected chi connectivity index (χ1v) is 8.68. The van der Waals surface area contributed by atoms with E-state index >= 15 is 0 Å². The maximum Gasteiger partial charge on any atom is 0.222 e. The van der Waals surface area contributed by atoms with Gasteiger partial charge in [-0.25, -0.2) is 4.98 Å². The van der Waals surface area contributed by atoms with E-state index in [0.717, 1.165) is 57.7 Å². The molecule has 1 aromatic heterocycles. The molecule has 2 aliphatic heterocycles. The largest absolute Gasteiger partial charge is 0.381 e. The van der Waals surface area contributed by atoms with Crippen LogP contribution in [0.4, 0.5) is 0 Å². The van der Waals surface area contributed by atoms with Gasteiger partial charge < -0.3 is 9.64 Å². The SMILES string of the molecule is Cc1nc(CCCN2CC3(CCOC3)CCC2=O)sc1C. The maximum absolute atomic E-state index is 12.1. The molecule has 1 aromatic rings. The van der Waals surface area contributed by atoms with E-state index in [1.807, 2.05) is 0 Å². The zero-order chi connectivity index (χ0) is 14.9. The first-order valence-electron chi connectivity index (χ1n) is 7.86. The van der Waals surface area contributed by atoms with Gasteiger partial charge in [0, 0.05) is 42.8 Å². The average Bonchev–Trinajstić information content (AvgIpc) is 3.03. The number of nitrogens with zero attached hydrogens (tertiary/aromatic N) is 2. The van der Waals surface area contributed by atoms with E-state index in [0.29, 0.717) is 12.3 Å². The topological polar surface area (TPSA) is 42.4 Å². The van der Waals surface area contributed by atoms with Crippen LogP contribution in [0.2, 0.25) is 0 Å². The van der Waals surface area contributed by atoms with Gasteiger partial charge in [0.1, 0.15) is 0 Å². The van der Waals surface area contributed by atoms with Crippen molar-refractivity contribution in [2.45, 2.75) is 46.0 Å². The Hall–Kier alpha value is -0.940. The molecule has 4 nitrogen and oxygen atoms in total. The highest BCUT2D eigenvalue weighted by atomic mass is 32.1. The van der Waals surface area contributed by atoms with Gasteiger partial charge in [-0.2, -0.15) is 0 Å². The zero-order valence-corrected chi connectivity index (χ0v) is 13.8. The molecule has 2 saturated heterocycles. The normalized spacial score (nSPS) is 26.0. The summed E-state index contributed by atoms with van der Waals surface area (Å²) in [5.74, 6) is 0.319. The first-order chi connectivity index (χ1) is 10.1. The lowest BCUT2D eigenvalue weighted by Crippen LogP contribution is -2.47. The van der Waals surface area contributed by atoms with E-state index in [9.17, 15) is 4.79 Å². The summed E-state index contributed by atoms with van der Waals surface area (Å²) >= 11 is 1.79. The molecule has 1 atom stereocenters. The summed E-state index contributed by atoms with van der Waals surface area (Å²) in [7, 11) is 0. The molecule has 2 fully saturated rings. The van der Waals surface area contributed by atoms with Gasteiger partial charge in [-0.3, -0.25) is 4.79 Å². The van der Waals surface area contributed by atoms with Crippen LogP contribution in [-0.4, -0.2) is 42.1 Å². The van der Waals surface area contributed by atoms with Crippen molar-refractivity contribution in [3.05, 3.63) is 15.6 Å². The van der Waals surface area contributed by atoms with Crippen LogP contribution >= 0.6 is 11.3 Å². The minimum absolute atomic E-state index is 0.252. The third-order valence-corrected chi connectivity index (χ3v) is 5.96. The van der Waals surface area contributed by atoms with E-state index in [1.165, 1.54) is 9.88 Å². The van der Waals surface area contributed by atoms with Gasteiger partial charge >= 0.3 is 0 Å². The number of piperidine rings is 1. The fourth-order valence-corrected chi connectivity index (χ4v) is 4.32. The summed E-state index contributed by atoms with van der Waals surface area (Å²) in [5, 5.41) is 1.20. The quantitative estimate of drug-likeness (QED) is 0.859. The molecular weight excluding hydrogens is 284 g/mol. The lowest BCUT2D eigenvalue weighted by atomic mass is 9.79. The number of likely N-dealkylation sites (tertiary alicyclic amines) is 1.